The molecular formula is C8H15N3O2. The average molecular weight is 185 g/mol. The minimum absolute atomic E-state index is 0.0163. The molecule has 0 bridgehead atoms. The topological polar surface area (TPSA) is 75.4 Å². The maximum absolute atomic E-state index is 11.0. The van der Waals surface area contributed by atoms with Gasteiger partial charge in [-0.2, -0.15) is 0 Å². The van der Waals surface area contributed by atoms with Crippen LogP contribution >= 0.6 is 0 Å². The number of carbonyl (C=O) groups is 2. The molecule has 1 saturated heterocycles. The minimum Gasteiger partial charge on any atom is -0.370 e. The van der Waals surface area contributed by atoms with Gasteiger partial charge in [-0.15, -0.1) is 0 Å². The van der Waals surface area contributed by atoms with Crippen LogP contribution in [-0.2, 0) is 9.59 Å². The molecule has 2 amide bonds. The molecule has 0 radical (unpaired) electrons. The van der Waals surface area contributed by atoms with Gasteiger partial charge in [-0.3, -0.25) is 14.5 Å². The van der Waals surface area contributed by atoms with Crippen molar-refractivity contribution in [3.8, 4) is 0 Å². The van der Waals surface area contributed by atoms with Gasteiger partial charge in [0.05, 0.1) is 6.54 Å². The lowest BCUT2D eigenvalue weighted by Gasteiger charge is -2.31. The van der Waals surface area contributed by atoms with E-state index in [2.05, 4.69) is 5.32 Å². The number of rotatable bonds is 3. The monoisotopic (exact) mass is 185 g/mol. The van der Waals surface area contributed by atoms with E-state index in [9.17, 15) is 9.59 Å². The summed E-state index contributed by atoms with van der Waals surface area (Å²) in [5, 5.41) is 2.72. The molecule has 1 aliphatic heterocycles. The first-order valence-corrected chi connectivity index (χ1v) is 4.38. The molecule has 13 heavy (non-hydrogen) atoms. The molecule has 0 aromatic rings. The third-order valence-electron chi connectivity index (χ3n) is 2.19. The molecule has 5 nitrogen and oxygen atoms in total. The van der Waals surface area contributed by atoms with Crippen LogP contribution in [0.1, 0.15) is 13.3 Å². The number of nitrogens with two attached hydrogens (primary N) is 1. The highest BCUT2D eigenvalue weighted by Gasteiger charge is 2.21. The Bertz CT molecular complexity index is 217. The van der Waals surface area contributed by atoms with Crippen molar-refractivity contribution in [2.75, 3.05) is 19.6 Å². The van der Waals surface area contributed by atoms with Gasteiger partial charge in [0, 0.05) is 25.6 Å². The van der Waals surface area contributed by atoms with Crippen LogP contribution in [0.25, 0.3) is 0 Å². The van der Waals surface area contributed by atoms with E-state index in [1.807, 2.05) is 11.8 Å². The first-order chi connectivity index (χ1) is 6.09. The molecule has 3 N–H and O–H groups in total. The Morgan fingerprint density at radius 2 is 2.46 bits per heavy atom. The van der Waals surface area contributed by atoms with E-state index < -0.39 is 0 Å². The summed E-state index contributed by atoms with van der Waals surface area (Å²) in [6.45, 7) is 3.72. The van der Waals surface area contributed by atoms with Crippen molar-refractivity contribution in [3.63, 3.8) is 0 Å². The normalized spacial score (nSPS) is 20.8. The predicted octanol–water partition coefficient (Wildman–Crippen LogP) is -1.32. The predicted molar refractivity (Wildman–Crippen MR) is 47.9 cm³/mol. The molecule has 0 aliphatic carbocycles. The van der Waals surface area contributed by atoms with Gasteiger partial charge in [-0.1, -0.05) is 0 Å². The van der Waals surface area contributed by atoms with Gasteiger partial charge in [0.1, 0.15) is 0 Å². The van der Waals surface area contributed by atoms with Crippen LogP contribution in [0.2, 0.25) is 0 Å². The number of hydrogen-bond acceptors (Lipinski definition) is 3. The van der Waals surface area contributed by atoms with Gasteiger partial charge in [-0.25, -0.2) is 0 Å². The SMILES string of the molecule is CC(CC(N)=O)N1CCNC(=O)C1. The number of piperazine rings is 1. The Morgan fingerprint density at radius 1 is 1.77 bits per heavy atom. The van der Waals surface area contributed by atoms with Gasteiger partial charge in [0.2, 0.25) is 11.8 Å². The molecule has 0 aromatic carbocycles. The molecule has 1 aliphatic rings. The Hall–Kier alpha value is -1.10. The van der Waals surface area contributed by atoms with Crippen molar-refractivity contribution < 1.29 is 9.59 Å². The zero-order valence-electron chi connectivity index (χ0n) is 7.75. The van der Waals surface area contributed by atoms with E-state index in [1.54, 1.807) is 0 Å². The number of primary amides is 1. The van der Waals surface area contributed by atoms with Crippen molar-refractivity contribution >= 4 is 11.8 Å². The van der Waals surface area contributed by atoms with E-state index in [0.717, 1.165) is 6.54 Å². The Morgan fingerprint density at radius 3 is 3.00 bits per heavy atom. The van der Waals surface area contributed by atoms with Crippen LogP contribution in [-0.4, -0.2) is 42.4 Å². The van der Waals surface area contributed by atoms with Crippen LogP contribution < -0.4 is 11.1 Å². The molecule has 0 saturated carbocycles. The zero-order valence-corrected chi connectivity index (χ0v) is 7.75. The zero-order chi connectivity index (χ0) is 9.84. The molecule has 1 rings (SSSR count). The molecular weight excluding hydrogens is 170 g/mol. The third-order valence-corrected chi connectivity index (χ3v) is 2.19. The van der Waals surface area contributed by atoms with Crippen LogP contribution in [0.5, 0.6) is 0 Å². The maximum atomic E-state index is 11.0. The molecule has 74 valence electrons. The molecule has 1 heterocycles. The van der Waals surface area contributed by atoms with E-state index in [1.165, 1.54) is 0 Å². The summed E-state index contributed by atoms with van der Waals surface area (Å²) in [6.07, 6.45) is 0.313. The van der Waals surface area contributed by atoms with Gasteiger partial charge >= 0.3 is 0 Å². The molecule has 1 fully saturated rings. The van der Waals surface area contributed by atoms with Crippen molar-refractivity contribution in [1.29, 1.82) is 0 Å². The van der Waals surface area contributed by atoms with Gasteiger partial charge in [0.15, 0.2) is 0 Å². The second-order valence-electron chi connectivity index (χ2n) is 3.34. The summed E-state index contributed by atoms with van der Waals surface area (Å²) in [5.41, 5.74) is 5.07. The molecule has 0 aromatic heterocycles. The van der Waals surface area contributed by atoms with Crippen molar-refractivity contribution in [1.82, 2.24) is 10.2 Å². The highest BCUT2D eigenvalue weighted by Crippen LogP contribution is 2.04. The lowest BCUT2D eigenvalue weighted by molar-refractivity contribution is -0.126. The smallest absolute Gasteiger partial charge is 0.234 e. The van der Waals surface area contributed by atoms with Crippen molar-refractivity contribution in [2.24, 2.45) is 5.73 Å². The summed E-state index contributed by atoms with van der Waals surface area (Å²) in [5.74, 6) is -0.305. The second kappa shape index (κ2) is 4.23. The van der Waals surface area contributed by atoms with E-state index >= 15 is 0 Å². The lowest BCUT2D eigenvalue weighted by atomic mass is 10.2. The van der Waals surface area contributed by atoms with Crippen molar-refractivity contribution in [3.05, 3.63) is 0 Å². The van der Waals surface area contributed by atoms with E-state index in [4.69, 9.17) is 5.73 Å². The first-order valence-electron chi connectivity index (χ1n) is 4.38. The van der Waals surface area contributed by atoms with E-state index in [-0.39, 0.29) is 17.9 Å². The van der Waals surface area contributed by atoms with Gasteiger partial charge in [-0.05, 0) is 6.92 Å². The molecule has 1 unspecified atom stereocenters. The van der Waals surface area contributed by atoms with Crippen LogP contribution in [0, 0.1) is 0 Å². The minimum atomic E-state index is -0.321. The molecule has 5 heteroatoms. The lowest BCUT2D eigenvalue weighted by Crippen LogP contribution is -2.51. The number of amides is 2. The Kier molecular flexibility index (Phi) is 3.25. The largest absolute Gasteiger partial charge is 0.370 e. The van der Waals surface area contributed by atoms with Crippen molar-refractivity contribution in [2.45, 2.75) is 19.4 Å². The fraction of sp³-hybridized carbons (Fsp3) is 0.750. The number of nitrogens with one attached hydrogen (secondary N) is 1. The maximum Gasteiger partial charge on any atom is 0.234 e. The van der Waals surface area contributed by atoms with Crippen LogP contribution in [0.3, 0.4) is 0 Å². The fourth-order valence-corrected chi connectivity index (χ4v) is 1.45. The standard InChI is InChI=1S/C8H15N3O2/c1-6(4-7(9)12)11-3-2-10-8(13)5-11/h6H,2-5H2,1H3,(H2,9,12)(H,10,13). The first kappa shape index (κ1) is 9.98. The second-order valence-corrected chi connectivity index (χ2v) is 3.34. The Labute approximate surface area is 77.3 Å². The van der Waals surface area contributed by atoms with Crippen LogP contribution in [0.15, 0.2) is 0 Å². The van der Waals surface area contributed by atoms with Gasteiger partial charge in [0.25, 0.3) is 0 Å². The highest BCUT2D eigenvalue weighted by molar-refractivity contribution is 5.79. The summed E-state index contributed by atoms with van der Waals surface area (Å²) >= 11 is 0. The number of hydrogen-bond donors (Lipinski definition) is 2. The quantitative estimate of drug-likeness (QED) is 0.572. The third kappa shape index (κ3) is 3.02. The molecule has 1 atom stereocenters. The number of nitrogens with zero attached hydrogens (tertiary/aromatic N) is 1. The molecule has 0 spiro atoms. The Balaban J connectivity index is 2.41. The summed E-state index contributed by atoms with van der Waals surface area (Å²) in [7, 11) is 0. The summed E-state index contributed by atoms with van der Waals surface area (Å²) in [4.78, 5) is 23.6. The van der Waals surface area contributed by atoms with Gasteiger partial charge < -0.3 is 11.1 Å². The summed E-state index contributed by atoms with van der Waals surface area (Å²) < 4.78 is 0. The van der Waals surface area contributed by atoms with Crippen LogP contribution in [0.4, 0.5) is 0 Å². The average Bonchev–Trinajstić information content (AvgIpc) is 2.03. The fourth-order valence-electron chi connectivity index (χ4n) is 1.45. The van der Waals surface area contributed by atoms with E-state index in [0.29, 0.717) is 19.5 Å². The highest BCUT2D eigenvalue weighted by atomic mass is 16.2. The number of carbonyl (C=O) groups excluding carboxylic acids is 2. The summed E-state index contributed by atoms with van der Waals surface area (Å²) in [6, 6.07) is 0.0588.